The van der Waals surface area contributed by atoms with E-state index in [-0.39, 0.29) is 11.6 Å². The summed E-state index contributed by atoms with van der Waals surface area (Å²) in [6.45, 7) is 3.08. The van der Waals surface area contributed by atoms with E-state index in [1.807, 2.05) is 31.2 Å². The van der Waals surface area contributed by atoms with Gasteiger partial charge >= 0.3 is 5.69 Å². The van der Waals surface area contributed by atoms with Crippen LogP contribution in [0.5, 0.6) is 0 Å². The molecule has 7 heteroatoms. The highest BCUT2D eigenvalue weighted by Gasteiger charge is 2.10. The lowest BCUT2D eigenvalue weighted by molar-refractivity contribution is 0.185. The Labute approximate surface area is 139 Å². The number of methoxy groups -OCH3 is 1. The van der Waals surface area contributed by atoms with Crippen LogP contribution in [0.15, 0.2) is 40.1 Å². The Kier molecular flexibility index (Phi) is 6.15. The first-order valence-corrected chi connectivity index (χ1v) is 7.70. The van der Waals surface area contributed by atoms with E-state index in [1.165, 1.54) is 4.57 Å². The van der Waals surface area contributed by atoms with Gasteiger partial charge in [-0.25, -0.2) is 4.79 Å². The van der Waals surface area contributed by atoms with Crippen molar-refractivity contribution < 1.29 is 4.74 Å². The standard InChI is InChI=1S/C16H20ClN3O3/c1-11(13-5-3-4-6-14(13)17)18-9-12-10-20(7-8-23-2)16(22)19-15(12)21/h3-6,10-11,18H,7-9H2,1-2H3,(H,19,21,22). The molecule has 6 nitrogen and oxygen atoms in total. The Hall–Kier alpha value is -1.89. The Balaban J connectivity index is 2.12. The molecule has 1 aromatic heterocycles. The molecule has 0 bridgehead atoms. The van der Waals surface area contributed by atoms with Crippen molar-refractivity contribution >= 4 is 11.6 Å². The van der Waals surface area contributed by atoms with Crippen LogP contribution in [-0.4, -0.2) is 23.3 Å². The van der Waals surface area contributed by atoms with Gasteiger partial charge < -0.3 is 10.1 Å². The molecule has 1 heterocycles. The third kappa shape index (κ3) is 4.54. The predicted molar refractivity (Wildman–Crippen MR) is 89.9 cm³/mol. The van der Waals surface area contributed by atoms with Crippen LogP contribution in [0.3, 0.4) is 0 Å². The van der Waals surface area contributed by atoms with E-state index in [1.54, 1.807) is 13.3 Å². The van der Waals surface area contributed by atoms with E-state index in [0.717, 1.165) is 5.56 Å². The van der Waals surface area contributed by atoms with Gasteiger partial charge in [-0.05, 0) is 18.6 Å². The summed E-state index contributed by atoms with van der Waals surface area (Å²) in [7, 11) is 1.56. The zero-order valence-corrected chi connectivity index (χ0v) is 13.9. The summed E-state index contributed by atoms with van der Waals surface area (Å²) >= 11 is 6.17. The molecule has 124 valence electrons. The molecule has 0 aliphatic rings. The van der Waals surface area contributed by atoms with Crippen LogP contribution in [0.25, 0.3) is 0 Å². The number of halogens is 1. The van der Waals surface area contributed by atoms with E-state index < -0.39 is 5.69 Å². The van der Waals surface area contributed by atoms with Crippen LogP contribution in [0, 0.1) is 0 Å². The topological polar surface area (TPSA) is 76.1 Å². The van der Waals surface area contributed by atoms with Crippen molar-refractivity contribution in [3.63, 3.8) is 0 Å². The summed E-state index contributed by atoms with van der Waals surface area (Å²) in [6, 6.07) is 7.52. The van der Waals surface area contributed by atoms with Gasteiger partial charge in [-0.1, -0.05) is 29.8 Å². The number of aromatic amines is 1. The van der Waals surface area contributed by atoms with Crippen molar-refractivity contribution in [2.24, 2.45) is 0 Å². The van der Waals surface area contributed by atoms with E-state index in [9.17, 15) is 9.59 Å². The fourth-order valence-corrected chi connectivity index (χ4v) is 2.53. The molecule has 0 radical (unpaired) electrons. The van der Waals surface area contributed by atoms with Crippen LogP contribution < -0.4 is 16.6 Å². The van der Waals surface area contributed by atoms with Crippen LogP contribution in [-0.2, 0) is 17.8 Å². The highest BCUT2D eigenvalue weighted by atomic mass is 35.5. The maximum Gasteiger partial charge on any atom is 0.328 e. The summed E-state index contributed by atoms with van der Waals surface area (Å²) in [5, 5.41) is 3.92. The minimum Gasteiger partial charge on any atom is -0.383 e. The molecule has 1 unspecified atom stereocenters. The number of aromatic nitrogens is 2. The molecule has 0 spiro atoms. The van der Waals surface area contributed by atoms with Crippen LogP contribution >= 0.6 is 11.6 Å². The van der Waals surface area contributed by atoms with Gasteiger partial charge in [0.1, 0.15) is 0 Å². The van der Waals surface area contributed by atoms with E-state index in [4.69, 9.17) is 16.3 Å². The molecule has 1 atom stereocenters. The van der Waals surface area contributed by atoms with Crippen molar-refractivity contribution in [3.8, 4) is 0 Å². The van der Waals surface area contributed by atoms with E-state index in [0.29, 0.717) is 30.3 Å². The molecule has 2 aromatic rings. The van der Waals surface area contributed by atoms with E-state index in [2.05, 4.69) is 10.3 Å². The predicted octanol–water partition coefficient (Wildman–Crippen LogP) is 1.69. The summed E-state index contributed by atoms with van der Waals surface area (Å²) in [6.07, 6.45) is 1.56. The normalized spacial score (nSPS) is 12.3. The molecule has 1 aromatic carbocycles. The number of H-pyrrole nitrogens is 1. The number of hydrogen-bond donors (Lipinski definition) is 2. The highest BCUT2D eigenvalue weighted by Crippen LogP contribution is 2.22. The van der Waals surface area contributed by atoms with Crippen molar-refractivity contribution in [1.29, 1.82) is 0 Å². The fourth-order valence-electron chi connectivity index (χ4n) is 2.24. The third-order valence-corrected chi connectivity index (χ3v) is 3.94. The smallest absolute Gasteiger partial charge is 0.328 e. The second-order valence-electron chi connectivity index (χ2n) is 5.22. The Morgan fingerprint density at radius 1 is 1.35 bits per heavy atom. The minimum atomic E-state index is -0.435. The van der Waals surface area contributed by atoms with Crippen molar-refractivity contribution in [2.45, 2.75) is 26.1 Å². The maximum atomic E-state index is 11.9. The van der Waals surface area contributed by atoms with Crippen LogP contribution in [0.1, 0.15) is 24.1 Å². The zero-order chi connectivity index (χ0) is 16.8. The first kappa shape index (κ1) is 17.5. The summed E-state index contributed by atoms with van der Waals surface area (Å²) in [5.74, 6) is 0. The number of rotatable bonds is 7. The summed E-state index contributed by atoms with van der Waals surface area (Å²) in [4.78, 5) is 26.0. The van der Waals surface area contributed by atoms with Crippen molar-refractivity contribution in [1.82, 2.24) is 14.9 Å². The molecule has 0 fully saturated rings. The lowest BCUT2D eigenvalue weighted by atomic mass is 10.1. The monoisotopic (exact) mass is 337 g/mol. The van der Waals surface area contributed by atoms with E-state index >= 15 is 0 Å². The first-order chi connectivity index (χ1) is 11.0. The zero-order valence-electron chi connectivity index (χ0n) is 13.1. The van der Waals surface area contributed by atoms with Gasteiger partial charge in [-0.15, -0.1) is 0 Å². The summed E-state index contributed by atoms with van der Waals surface area (Å²) in [5.41, 5.74) is 0.621. The second-order valence-corrected chi connectivity index (χ2v) is 5.63. The Bertz CT molecular complexity index is 770. The largest absolute Gasteiger partial charge is 0.383 e. The van der Waals surface area contributed by atoms with Crippen LogP contribution in [0.2, 0.25) is 5.02 Å². The summed E-state index contributed by atoms with van der Waals surface area (Å²) < 4.78 is 6.39. The SMILES string of the molecule is COCCn1cc(CNC(C)c2ccccc2Cl)c(=O)[nH]c1=O. The van der Waals surface area contributed by atoms with Gasteiger partial charge in [0.2, 0.25) is 0 Å². The average Bonchev–Trinajstić information content (AvgIpc) is 2.53. The molecule has 0 saturated carbocycles. The van der Waals surface area contributed by atoms with Gasteiger partial charge in [-0.2, -0.15) is 0 Å². The molecular formula is C16H20ClN3O3. The Morgan fingerprint density at radius 2 is 2.09 bits per heavy atom. The lowest BCUT2D eigenvalue weighted by Crippen LogP contribution is -2.34. The first-order valence-electron chi connectivity index (χ1n) is 7.32. The fraction of sp³-hybridized carbons (Fsp3) is 0.375. The highest BCUT2D eigenvalue weighted by molar-refractivity contribution is 6.31. The molecular weight excluding hydrogens is 318 g/mol. The maximum absolute atomic E-state index is 11.9. The number of nitrogens with zero attached hydrogens (tertiary/aromatic N) is 1. The van der Waals surface area contributed by atoms with Crippen molar-refractivity contribution in [2.75, 3.05) is 13.7 Å². The second kappa shape index (κ2) is 8.10. The number of nitrogens with one attached hydrogen (secondary N) is 2. The van der Waals surface area contributed by atoms with Gasteiger partial charge in [0.05, 0.1) is 13.2 Å². The lowest BCUT2D eigenvalue weighted by Gasteiger charge is -2.16. The minimum absolute atomic E-state index is 0.0255. The van der Waals surface area contributed by atoms with Gasteiger partial charge in [-0.3, -0.25) is 14.3 Å². The molecule has 0 saturated heterocycles. The van der Waals surface area contributed by atoms with Gasteiger partial charge in [0, 0.05) is 36.5 Å². The molecule has 2 N–H and O–H groups in total. The third-order valence-electron chi connectivity index (χ3n) is 3.59. The van der Waals surface area contributed by atoms with Crippen LogP contribution in [0.4, 0.5) is 0 Å². The molecule has 0 aliphatic carbocycles. The number of benzene rings is 1. The Morgan fingerprint density at radius 3 is 2.78 bits per heavy atom. The number of hydrogen-bond acceptors (Lipinski definition) is 4. The molecule has 2 rings (SSSR count). The quantitative estimate of drug-likeness (QED) is 0.806. The van der Waals surface area contributed by atoms with Gasteiger partial charge in [0.25, 0.3) is 5.56 Å². The molecule has 0 aliphatic heterocycles. The van der Waals surface area contributed by atoms with Gasteiger partial charge in [0.15, 0.2) is 0 Å². The molecule has 23 heavy (non-hydrogen) atoms. The molecule has 0 amide bonds. The average molecular weight is 338 g/mol. The van der Waals surface area contributed by atoms with Crippen molar-refractivity contribution in [3.05, 3.63) is 67.4 Å². The number of ether oxygens (including phenoxy) is 1.